The molecule has 7 heteroatoms. The van der Waals surface area contributed by atoms with Crippen LogP contribution in [0.5, 0.6) is 0 Å². The number of carbonyl (C=O) groups excluding carboxylic acids is 2. The normalized spacial score (nSPS) is 19.4. The summed E-state index contributed by atoms with van der Waals surface area (Å²) >= 11 is 1.30. The summed E-state index contributed by atoms with van der Waals surface area (Å²) in [5, 5.41) is 5.52. The number of rotatable bonds is 4. The van der Waals surface area contributed by atoms with E-state index in [0.717, 1.165) is 0 Å². The first kappa shape index (κ1) is 13.4. The molecule has 0 aromatic rings. The molecule has 1 rings (SSSR count). The highest BCUT2D eigenvalue weighted by Gasteiger charge is 2.23. The lowest BCUT2D eigenvalue weighted by Crippen LogP contribution is -2.38. The van der Waals surface area contributed by atoms with E-state index in [-0.39, 0.29) is 11.2 Å². The maximum Gasteiger partial charge on any atom is 0.431 e. The molecule has 0 fully saturated rings. The van der Waals surface area contributed by atoms with Crippen LogP contribution in [0.2, 0.25) is 0 Å². The Balaban J connectivity index is 2.46. The van der Waals surface area contributed by atoms with Crippen LogP contribution < -0.4 is 16.1 Å². The van der Waals surface area contributed by atoms with Gasteiger partial charge in [0.05, 0.1) is 5.25 Å². The molecular weight excluding hydrogens is 242 g/mol. The summed E-state index contributed by atoms with van der Waals surface area (Å²) in [6, 6.07) is 0. The fraction of sp³-hybridized carbons (Fsp3) is 0.400. The predicted octanol–water partition coefficient (Wildman–Crippen LogP) is 0.844. The Bertz CT molecular complexity index is 368. The summed E-state index contributed by atoms with van der Waals surface area (Å²) in [5.41, 5.74) is 3.15. The van der Waals surface area contributed by atoms with Crippen molar-refractivity contribution < 1.29 is 14.4 Å². The third-order valence-electron chi connectivity index (χ3n) is 1.94. The molecule has 17 heavy (non-hydrogen) atoms. The minimum atomic E-state index is -0.602. The smallest absolute Gasteiger partial charge is 0.326 e. The highest BCUT2D eigenvalue weighted by atomic mass is 32.2. The molecule has 1 aliphatic rings. The van der Waals surface area contributed by atoms with Gasteiger partial charge in [0.15, 0.2) is 0 Å². The van der Waals surface area contributed by atoms with E-state index in [2.05, 4.69) is 22.7 Å². The van der Waals surface area contributed by atoms with E-state index >= 15 is 0 Å². The zero-order chi connectivity index (χ0) is 12.8. The summed E-state index contributed by atoms with van der Waals surface area (Å²) in [7, 11) is 0. The molecule has 1 aliphatic heterocycles. The first-order valence-electron chi connectivity index (χ1n) is 5.04. The van der Waals surface area contributed by atoms with E-state index in [1.165, 1.54) is 11.8 Å². The van der Waals surface area contributed by atoms with Crippen LogP contribution in [0.15, 0.2) is 23.4 Å². The monoisotopic (exact) mass is 257 g/mol. The van der Waals surface area contributed by atoms with Crippen molar-refractivity contribution in [2.45, 2.75) is 19.1 Å². The van der Waals surface area contributed by atoms with E-state index in [4.69, 9.17) is 4.84 Å². The molecule has 1 atom stereocenters. The maximum atomic E-state index is 11.3. The highest BCUT2D eigenvalue weighted by molar-refractivity contribution is 8.04. The van der Waals surface area contributed by atoms with Crippen molar-refractivity contribution in [1.82, 2.24) is 16.1 Å². The Kier molecular flexibility index (Phi) is 4.89. The van der Waals surface area contributed by atoms with Gasteiger partial charge in [-0.2, -0.15) is 0 Å². The van der Waals surface area contributed by atoms with Gasteiger partial charge in [-0.1, -0.05) is 17.8 Å². The first-order valence-corrected chi connectivity index (χ1v) is 5.92. The molecule has 0 bridgehead atoms. The van der Waals surface area contributed by atoms with E-state index in [1.54, 1.807) is 19.9 Å². The van der Waals surface area contributed by atoms with Crippen LogP contribution in [-0.2, 0) is 9.63 Å². The molecule has 2 amide bonds. The topological polar surface area (TPSA) is 79.5 Å². The third kappa shape index (κ3) is 4.03. The summed E-state index contributed by atoms with van der Waals surface area (Å²) in [6.45, 7) is 7.29. The van der Waals surface area contributed by atoms with Crippen LogP contribution in [0.25, 0.3) is 0 Å². The summed E-state index contributed by atoms with van der Waals surface area (Å²) in [4.78, 5) is 27.2. The van der Waals surface area contributed by atoms with Crippen LogP contribution in [0.3, 0.4) is 0 Å². The molecule has 0 aliphatic carbocycles. The van der Waals surface area contributed by atoms with Gasteiger partial charge in [0.1, 0.15) is 5.03 Å². The molecule has 0 spiro atoms. The van der Waals surface area contributed by atoms with Crippen LogP contribution in [-0.4, -0.2) is 23.8 Å². The van der Waals surface area contributed by atoms with Crippen molar-refractivity contribution in [3.8, 4) is 0 Å². The number of amides is 2. The van der Waals surface area contributed by atoms with Gasteiger partial charge in [0.25, 0.3) is 0 Å². The highest BCUT2D eigenvalue weighted by Crippen LogP contribution is 2.25. The lowest BCUT2D eigenvalue weighted by Gasteiger charge is -2.22. The maximum absolute atomic E-state index is 11.3. The van der Waals surface area contributed by atoms with Crippen LogP contribution in [0.1, 0.15) is 13.8 Å². The largest absolute Gasteiger partial charge is 0.431 e. The number of hydrogen-bond acceptors (Lipinski definition) is 5. The Morgan fingerprint density at radius 3 is 3.06 bits per heavy atom. The van der Waals surface area contributed by atoms with Crippen LogP contribution >= 0.6 is 11.8 Å². The standard InChI is InChI=1S/C10H15N3O3S/c1-4-5-11-10(15)16-13-9-6(2)12-8(14)7(3)17-9/h4,7,13H,1,5H2,2-3H3,(H,11,15)(H,12,14). The van der Waals surface area contributed by atoms with Gasteiger partial charge >= 0.3 is 6.09 Å². The summed E-state index contributed by atoms with van der Waals surface area (Å²) in [6.07, 6.45) is 0.944. The van der Waals surface area contributed by atoms with Gasteiger partial charge < -0.3 is 15.5 Å². The SMILES string of the molecule is C=CCNC(=O)ONC1=C(C)NC(=O)C(C)S1. The molecule has 1 unspecified atom stereocenters. The average Bonchev–Trinajstić information content (AvgIpc) is 2.29. The Labute approximate surface area is 104 Å². The number of allylic oxidation sites excluding steroid dienone is 1. The van der Waals surface area contributed by atoms with E-state index in [1.807, 2.05) is 0 Å². The molecule has 1 heterocycles. The van der Waals surface area contributed by atoms with Crippen LogP contribution in [0.4, 0.5) is 4.79 Å². The number of carbonyl (C=O) groups is 2. The van der Waals surface area contributed by atoms with Gasteiger partial charge in [-0.25, -0.2) is 10.3 Å². The van der Waals surface area contributed by atoms with Gasteiger partial charge in [-0.3, -0.25) is 4.79 Å². The number of nitrogens with one attached hydrogen (secondary N) is 3. The Morgan fingerprint density at radius 1 is 1.71 bits per heavy atom. The second-order valence-corrected chi connectivity index (χ2v) is 4.72. The molecule has 0 saturated heterocycles. The van der Waals surface area contributed by atoms with Crippen molar-refractivity contribution in [3.63, 3.8) is 0 Å². The number of hydroxylamine groups is 1. The zero-order valence-corrected chi connectivity index (χ0v) is 10.5. The van der Waals surface area contributed by atoms with Crippen molar-refractivity contribution in [3.05, 3.63) is 23.4 Å². The molecule has 0 radical (unpaired) electrons. The average molecular weight is 257 g/mol. The molecule has 0 saturated carbocycles. The van der Waals surface area contributed by atoms with Crippen molar-refractivity contribution >= 4 is 23.8 Å². The van der Waals surface area contributed by atoms with E-state index < -0.39 is 6.09 Å². The Morgan fingerprint density at radius 2 is 2.41 bits per heavy atom. The van der Waals surface area contributed by atoms with Gasteiger partial charge in [-0.15, -0.1) is 6.58 Å². The minimum absolute atomic E-state index is 0.0610. The molecule has 0 aromatic carbocycles. The predicted molar refractivity (Wildman–Crippen MR) is 65.7 cm³/mol. The lowest BCUT2D eigenvalue weighted by molar-refractivity contribution is -0.119. The molecule has 3 N–H and O–H groups in total. The van der Waals surface area contributed by atoms with Crippen molar-refractivity contribution in [2.75, 3.05) is 6.54 Å². The van der Waals surface area contributed by atoms with E-state index in [9.17, 15) is 9.59 Å². The van der Waals surface area contributed by atoms with Gasteiger partial charge in [-0.05, 0) is 13.8 Å². The summed E-state index contributed by atoms with van der Waals surface area (Å²) in [5.74, 6) is -0.0610. The molecule has 0 aromatic heterocycles. The van der Waals surface area contributed by atoms with Gasteiger partial charge in [0.2, 0.25) is 5.91 Å². The molecular formula is C10H15N3O3S. The van der Waals surface area contributed by atoms with Crippen molar-refractivity contribution in [2.24, 2.45) is 0 Å². The molecule has 94 valence electrons. The zero-order valence-electron chi connectivity index (χ0n) is 9.70. The number of hydrogen-bond donors (Lipinski definition) is 3. The lowest BCUT2D eigenvalue weighted by atomic mass is 10.4. The minimum Gasteiger partial charge on any atom is -0.326 e. The van der Waals surface area contributed by atoms with Crippen LogP contribution in [0, 0.1) is 0 Å². The third-order valence-corrected chi connectivity index (χ3v) is 3.14. The summed E-state index contributed by atoms with van der Waals surface area (Å²) < 4.78 is 0. The second-order valence-electron chi connectivity index (χ2n) is 3.36. The Hall–Kier alpha value is -1.63. The van der Waals surface area contributed by atoms with Crippen molar-refractivity contribution in [1.29, 1.82) is 0 Å². The quantitative estimate of drug-likeness (QED) is 0.514. The number of thioether (sulfide) groups is 1. The molecule has 6 nitrogen and oxygen atoms in total. The fourth-order valence-electron chi connectivity index (χ4n) is 1.05. The second kappa shape index (κ2) is 6.19. The van der Waals surface area contributed by atoms with Gasteiger partial charge in [0, 0.05) is 12.2 Å². The fourth-order valence-corrected chi connectivity index (χ4v) is 1.88. The first-order chi connectivity index (χ1) is 8.04. The van der Waals surface area contributed by atoms with E-state index in [0.29, 0.717) is 17.3 Å².